The summed E-state index contributed by atoms with van der Waals surface area (Å²) in [6.45, 7) is 0.667. The molecule has 3 N–H and O–H groups in total. The second-order valence-corrected chi connectivity index (χ2v) is 3.75. The lowest BCUT2D eigenvalue weighted by atomic mass is 10.2. The number of halogens is 1. The number of aromatic nitrogens is 1. The number of hydrogen-bond acceptors (Lipinski definition) is 2. The van der Waals surface area contributed by atoms with E-state index in [9.17, 15) is 4.39 Å². The first kappa shape index (κ1) is 10.5. The van der Waals surface area contributed by atoms with Crippen LogP contribution in [0.15, 0.2) is 36.5 Å². The van der Waals surface area contributed by atoms with Crippen molar-refractivity contribution >= 4 is 11.4 Å². The molecule has 0 saturated heterocycles. The molecular weight excluding hydrogens is 205 g/mol. The number of nitrogen functional groups attached to an aromatic ring is 1. The van der Waals surface area contributed by atoms with Gasteiger partial charge in [0.2, 0.25) is 0 Å². The Balaban J connectivity index is 2.20. The summed E-state index contributed by atoms with van der Waals surface area (Å²) in [5.41, 5.74) is 8.14. The van der Waals surface area contributed by atoms with Gasteiger partial charge in [-0.3, -0.25) is 0 Å². The van der Waals surface area contributed by atoms with Crippen molar-refractivity contribution in [3.8, 4) is 0 Å². The molecule has 0 aliphatic heterocycles. The van der Waals surface area contributed by atoms with Crippen molar-refractivity contribution in [1.82, 2.24) is 4.98 Å². The predicted octanol–water partition coefficient (Wildman–Crippen LogP) is 2.37. The van der Waals surface area contributed by atoms with Gasteiger partial charge in [-0.2, -0.15) is 0 Å². The van der Waals surface area contributed by atoms with Crippen LogP contribution >= 0.6 is 0 Å². The molecule has 0 aliphatic rings. The summed E-state index contributed by atoms with van der Waals surface area (Å²) < 4.78 is 13.1. The lowest BCUT2D eigenvalue weighted by molar-refractivity contribution is 0.627. The largest absolute Gasteiger partial charge is 0.397 e. The van der Waals surface area contributed by atoms with Crippen LogP contribution in [-0.2, 0) is 6.54 Å². The van der Waals surface area contributed by atoms with E-state index in [0.29, 0.717) is 17.9 Å². The number of nitrogens with zero attached hydrogens (tertiary/aromatic N) is 1. The Labute approximate surface area is 93.7 Å². The van der Waals surface area contributed by atoms with Crippen molar-refractivity contribution in [1.29, 1.82) is 0 Å². The zero-order chi connectivity index (χ0) is 11.5. The van der Waals surface area contributed by atoms with E-state index in [4.69, 9.17) is 5.73 Å². The fourth-order valence-corrected chi connectivity index (χ4v) is 1.65. The lowest BCUT2D eigenvalue weighted by Gasteiger charge is -2.20. The van der Waals surface area contributed by atoms with Gasteiger partial charge in [0.15, 0.2) is 0 Å². The van der Waals surface area contributed by atoms with Crippen LogP contribution in [0.4, 0.5) is 15.8 Å². The van der Waals surface area contributed by atoms with Crippen molar-refractivity contribution in [2.24, 2.45) is 0 Å². The number of H-pyrrole nitrogens is 1. The van der Waals surface area contributed by atoms with Gasteiger partial charge in [-0.15, -0.1) is 0 Å². The van der Waals surface area contributed by atoms with E-state index >= 15 is 0 Å². The first-order valence-corrected chi connectivity index (χ1v) is 5.05. The van der Waals surface area contributed by atoms with Crippen LogP contribution in [0.2, 0.25) is 0 Å². The smallest absolute Gasteiger partial charge is 0.125 e. The number of rotatable bonds is 3. The van der Waals surface area contributed by atoms with Crippen LogP contribution in [-0.4, -0.2) is 12.0 Å². The molecule has 16 heavy (non-hydrogen) atoms. The molecule has 0 amide bonds. The molecule has 0 unspecified atom stereocenters. The number of anilines is 2. The molecule has 0 aliphatic carbocycles. The van der Waals surface area contributed by atoms with Crippen molar-refractivity contribution in [3.05, 3.63) is 48.0 Å². The van der Waals surface area contributed by atoms with Gasteiger partial charge < -0.3 is 15.6 Å². The van der Waals surface area contributed by atoms with Crippen LogP contribution in [0.5, 0.6) is 0 Å². The molecule has 2 rings (SSSR count). The van der Waals surface area contributed by atoms with Crippen molar-refractivity contribution < 1.29 is 4.39 Å². The number of aromatic amines is 1. The third kappa shape index (κ3) is 2.16. The van der Waals surface area contributed by atoms with Crippen molar-refractivity contribution in [2.45, 2.75) is 6.54 Å². The highest BCUT2D eigenvalue weighted by Gasteiger charge is 2.07. The molecule has 0 radical (unpaired) electrons. The third-order valence-corrected chi connectivity index (χ3v) is 2.47. The molecule has 0 bridgehead atoms. The Bertz CT molecular complexity index is 465. The summed E-state index contributed by atoms with van der Waals surface area (Å²) >= 11 is 0. The van der Waals surface area contributed by atoms with Gasteiger partial charge in [0.25, 0.3) is 0 Å². The van der Waals surface area contributed by atoms with E-state index in [1.165, 1.54) is 12.1 Å². The first-order chi connectivity index (χ1) is 7.66. The first-order valence-electron chi connectivity index (χ1n) is 5.05. The molecule has 0 fully saturated rings. The van der Waals surface area contributed by atoms with E-state index in [-0.39, 0.29) is 5.82 Å². The summed E-state index contributed by atoms with van der Waals surface area (Å²) in [5, 5.41) is 0. The molecule has 1 heterocycles. The maximum Gasteiger partial charge on any atom is 0.125 e. The Hall–Kier alpha value is -1.97. The normalized spacial score (nSPS) is 10.4. The highest BCUT2D eigenvalue weighted by Crippen LogP contribution is 2.24. The van der Waals surface area contributed by atoms with Crippen LogP contribution < -0.4 is 10.6 Å². The van der Waals surface area contributed by atoms with E-state index in [0.717, 1.165) is 5.69 Å². The fourth-order valence-electron chi connectivity index (χ4n) is 1.65. The van der Waals surface area contributed by atoms with Gasteiger partial charge in [-0.05, 0) is 30.3 Å². The molecule has 4 heteroatoms. The van der Waals surface area contributed by atoms with Gasteiger partial charge in [0.1, 0.15) is 5.82 Å². The SMILES string of the molecule is CN(Cc1ccc[nH]1)c1cc(F)ccc1N. The molecule has 84 valence electrons. The standard InChI is InChI=1S/C12H14FN3/c1-16(8-10-3-2-6-15-10)12-7-9(13)4-5-11(12)14/h2-7,15H,8,14H2,1H3. The number of nitrogens with one attached hydrogen (secondary N) is 1. The van der Waals surface area contributed by atoms with Crippen molar-refractivity contribution in [3.63, 3.8) is 0 Å². The Morgan fingerprint density at radius 3 is 2.88 bits per heavy atom. The minimum atomic E-state index is -0.275. The van der Waals surface area contributed by atoms with Gasteiger partial charge in [0, 0.05) is 18.9 Å². The topological polar surface area (TPSA) is 45.0 Å². The van der Waals surface area contributed by atoms with E-state index in [1.54, 1.807) is 6.07 Å². The molecular formula is C12H14FN3. The number of benzene rings is 1. The molecule has 0 spiro atoms. The molecule has 0 atom stereocenters. The minimum Gasteiger partial charge on any atom is -0.397 e. The Kier molecular flexibility index (Phi) is 2.81. The maximum atomic E-state index is 13.1. The van der Waals surface area contributed by atoms with Gasteiger partial charge in [-0.1, -0.05) is 0 Å². The van der Waals surface area contributed by atoms with Crippen LogP contribution in [0, 0.1) is 5.82 Å². The molecule has 1 aromatic carbocycles. The Morgan fingerprint density at radius 1 is 1.38 bits per heavy atom. The summed E-state index contributed by atoms with van der Waals surface area (Å²) in [6.07, 6.45) is 1.86. The zero-order valence-electron chi connectivity index (χ0n) is 9.07. The summed E-state index contributed by atoms with van der Waals surface area (Å²) in [4.78, 5) is 5.00. The third-order valence-electron chi connectivity index (χ3n) is 2.47. The van der Waals surface area contributed by atoms with E-state index in [1.807, 2.05) is 30.3 Å². The lowest BCUT2D eigenvalue weighted by Crippen LogP contribution is -2.18. The average molecular weight is 219 g/mol. The maximum absolute atomic E-state index is 13.1. The van der Waals surface area contributed by atoms with Crippen LogP contribution in [0.3, 0.4) is 0 Å². The van der Waals surface area contributed by atoms with E-state index < -0.39 is 0 Å². The highest BCUT2D eigenvalue weighted by atomic mass is 19.1. The molecule has 0 saturated carbocycles. The minimum absolute atomic E-state index is 0.275. The van der Waals surface area contributed by atoms with Gasteiger partial charge in [-0.25, -0.2) is 4.39 Å². The van der Waals surface area contributed by atoms with Gasteiger partial charge in [0.05, 0.1) is 17.9 Å². The summed E-state index contributed by atoms with van der Waals surface area (Å²) in [7, 11) is 1.88. The monoisotopic (exact) mass is 219 g/mol. The zero-order valence-corrected chi connectivity index (χ0v) is 9.07. The quantitative estimate of drug-likeness (QED) is 0.778. The molecule has 2 aromatic rings. The van der Waals surface area contributed by atoms with Crippen LogP contribution in [0.1, 0.15) is 5.69 Å². The van der Waals surface area contributed by atoms with Crippen molar-refractivity contribution in [2.75, 3.05) is 17.7 Å². The highest BCUT2D eigenvalue weighted by molar-refractivity contribution is 5.67. The number of hydrogen-bond donors (Lipinski definition) is 2. The fraction of sp³-hybridized carbons (Fsp3) is 0.167. The second kappa shape index (κ2) is 4.26. The molecule has 3 nitrogen and oxygen atoms in total. The predicted molar refractivity (Wildman–Crippen MR) is 63.7 cm³/mol. The summed E-state index contributed by atoms with van der Waals surface area (Å²) in [5.74, 6) is -0.275. The van der Waals surface area contributed by atoms with E-state index in [2.05, 4.69) is 4.98 Å². The number of nitrogens with two attached hydrogens (primary N) is 1. The van der Waals surface area contributed by atoms with Crippen LogP contribution in [0.25, 0.3) is 0 Å². The average Bonchev–Trinajstić information content (AvgIpc) is 2.74. The molecule has 1 aromatic heterocycles. The summed E-state index contributed by atoms with van der Waals surface area (Å²) in [6, 6.07) is 8.29. The second-order valence-electron chi connectivity index (χ2n) is 3.75. The van der Waals surface area contributed by atoms with Gasteiger partial charge >= 0.3 is 0 Å². The Morgan fingerprint density at radius 2 is 2.19 bits per heavy atom.